The van der Waals surface area contributed by atoms with E-state index in [9.17, 15) is 0 Å². The third kappa shape index (κ3) is 2.94. The van der Waals surface area contributed by atoms with Crippen LogP contribution in [0.4, 0.5) is 5.69 Å². The minimum atomic E-state index is -0.00190. The highest BCUT2D eigenvalue weighted by Gasteiger charge is 2.38. The first-order valence-electron chi connectivity index (χ1n) is 8.02. The molecular weight excluding hydrogens is 246 g/mol. The first-order chi connectivity index (χ1) is 9.46. The van der Waals surface area contributed by atoms with E-state index in [4.69, 9.17) is 4.74 Å². The van der Waals surface area contributed by atoms with Gasteiger partial charge in [-0.1, -0.05) is 13.8 Å². The Morgan fingerprint density at radius 3 is 2.75 bits per heavy atom. The predicted molar refractivity (Wildman–Crippen MR) is 84.5 cm³/mol. The quantitative estimate of drug-likeness (QED) is 0.837. The Morgan fingerprint density at radius 1 is 1.10 bits per heavy atom. The van der Waals surface area contributed by atoms with Crippen LogP contribution in [0, 0.1) is 5.41 Å². The van der Waals surface area contributed by atoms with Gasteiger partial charge in [0.15, 0.2) is 0 Å². The van der Waals surface area contributed by atoms with E-state index in [1.807, 2.05) is 0 Å². The summed E-state index contributed by atoms with van der Waals surface area (Å²) in [4.78, 5) is 0. The minimum absolute atomic E-state index is 0.00190. The van der Waals surface area contributed by atoms with Crippen LogP contribution in [-0.2, 0) is 6.42 Å². The molecule has 1 fully saturated rings. The van der Waals surface area contributed by atoms with Crippen molar-refractivity contribution >= 4 is 5.69 Å². The van der Waals surface area contributed by atoms with Crippen molar-refractivity contribution in [2.75, 3.05) is 11.9 Å². The molecule has 3 rings (SSSR count). The van der Waals surface area contributed by atoms with Gasteiger partial charge < -0.3 is 10.1 Å². The van der Waals surface area contributed by atoms with E-state index in [0.29, 0.717) is 5.41 Å². The van der Waals surface area contributed by atoms with Crippen molar-refractivity contribution in [1.29, 1.82) is 0 Å². The van der Waals surface area contributed by atoms with Gasteiger partial charge in [0.2, 0.25) is 0 Å². The SMILES string of the molecule is CC1(C)CCCC(C)(Oc2ccc3c(c2)CCCN3)C1. The number of hydrogen-bond acceptors (Lipinski definition) is 2. The Balaban J connectivity index is 1.77. The molecule has 1 aliphatic heterocycles. The van der Waals surface area contributed by atoms with Crippen LogP contribution in [0.25, 0.3) is 0 Å². The second kappa shape index (κ2) is 4.98. The van der Waals surface area contributed by atoms with Crippen LogP contribution in [-0.4, -0.2) is 12.1 Å². The molecule has 0 bridgehead atoms. The lowest BCUT2D eigenvalue weighted by Crippen LogP contribution is -2.41. The summed E-state index contributed by atoms with van der Waals surface area (Å²) in [6.45, 7) is 8.11. The standard InChI is InChI=1S/C18H27NO/c1-17(2)9-5-10-18(3,13-17)20-15-7-8-16-14(12-15)6-4-11-19-16/h7-8,12,19H,4-6,9-11,13H2,1-3H3. The van der Waals surface area contributed by atoms with Crippen LogP contribution in [0.3, 0.4) is 0 Å². The maximum absolute atomic E-state index is 6.42. The molecule has 0 spiro atoms. The van der Waals surface area contributed by atoms with Gasteiger partial charge in [-0.05, 0) is 74.6 Å². The molecule has 20 heavy (non-hydrogen) atoms. The highest BCUT2D eigenvalue weighted by molar-refractivity contribution is 5.55. The molecular formula is C18H27NO. The molecule has 1 aromatic carbocycles. The Morgan fingerprint density at radius 2 is 1.95 bits per heavy atom. The van der Waals surface area contributed by atoms with Gasteiger partial charge >= 0.3 is 0 Å². The molecule has 1 aromatic rings. The van der Waals surface area contributed by atoms with Crippen LogP contribution >= 0.6 is 0 Å². The smallest absolute Gasteiger partial charge is 0.120 e. The third-order valence-electron chi connectivity index (χ3n) is 4.79. The number of fused-ring (bicyclic) bond motifs is 1. The summed E-state index contributed by atoms with van der Waals surface area (Å²) in [5.41, 5.74) is 3.10. The number of nitrogens with one attached hydrogen (secondary N) is 1. The van der Waals surface area contributed by atoms with Gasteiger partial charge in [0.05, 0.1) is 0 Å². The second-order valence-corrected chi connectivity index (χ2v) is 7.60. The van der Waals surface area contributed by atoms with Gasteiger partial charge in [-0.25, -0.2) is 0 Å². The maximum atomic E-state index is 6.42. The monoisotopic (exact) mass is 273 g/mol. The molecule has 2 nitrogen and oxygen atoms in total. The van der Waals surface area contributed by atoms with Gasteiger partial charge in [-0.3, -0.25) is 0 Å². The normalized spacial score (nSPS) is 28.4. The summed E-state index contributed by atoms with van der Waals surface area (Å²) in [6.07, 6.45) is 7.31. The molecule has 0 aromatic heterocycles. The Labute approximate surface area is 122 Å². The zero-order valence-electron chi connectivity index (χ0n) is 13.1. The van der Waals surface area contributed by atoms with Crippen molar-refractivity contribution in [3.05, 3.63) is 23.8 Å². The molecule has 0 saturated heterocycles. The van der Waals surface area contributed by atoms with Crippen LogP contribution in [0.15, 0.2) is 18.2 Å². The number of aryl methyl sites for hydroxylation is 1. The fourth-order valence-corrected chi connectivity index (χ4v) is 4.02. The van der Waals surface area contributed by atoms with Gasteiger partial charge in [-0.2, -0.15) is 0 Å². The Bertz CT molecular complexity index is 494. The number of ether oxygens (including phenoxy) is 1. The zero-order valence-corrected chi connectivity index (χ0v) is 13.1. The number of benzene rings is 1. The lowest BCUT2D eigenvalue weighted by atomic mass is 9.70. The first kappa shape index (κ1) is 13.8. The molecule has 0 radical (unpaired) electrons. The number of rotatable bonds is 2. The van der Waals surface area contributed by atoms with Gasteiger partial charge in [0.1, 0.15) is 11.4 Å². The molecule has 110 valence electrons. The summed E-state index contributed by atoms with van der Waals surface area (Å²) in [6, 6.07) is 6.56. The van der Waals surface area contributed by atoms with E-state index in [-0.39, 0.29) is 5.60 Å². The average Bonchev–Trinajstić information content (AvgIpc) is 2.36. The Hall–Kier alpha value is -1.18. The van der Waals surface area contributed by atoms with Crippen LogP contribution in [0.2, 0.25) is 0 Å². The topological polar surface area (TPSA) is 21.3 Å². The molecule has 1 atom stereocenters. The van der Waals surface area contributed by atoms with Gasteiger partial charge in [0.25, 0.3) is 0 Å². The van der Waals surface area contributed by atoms with E-state index in [1.165, 1.54) is 43.4 Å². The molecule has 1 N–H and O–H groups in total. The van der Waals surface area contributed by atoms with E-state index in [0.717, 1.165) is 18.7 Å². The number of hydrogen-bond donors (Lipinski definition) is 1. The molecule has 1 aliphatic carbocycles. The molecule has 1 unspecified atom stereocenters. The van der Waals surface area contributed by atoms with E-state index in [1.54, 1.807) is 0 Å². The summed E-state index contributed by atoms with van der Waals surface area (Å²) in [5.74, 6) is 1.05. The summed E-state index contributed by atoms with van der Waals surface area (Å²) in [7, 11) is 0. The van der Waals surface area contributed by atoms with Crippen molar-refractivity contribution in [2.45, 2.75) is 64.9 Å². The van der Waals surface area contributed by atoms with Crippen molar-refractivity contribution < 1.29 is 4.74 Å². The first-order valence-corrected chi connectivity index (χ1v) is 8.02. The van der Waals surface area contributed by atoms with E-state index in [2.05, 4.69) is 44.3 Å². The largest absolute Gasteiger partial charge is 0.488 e. The third-order valence-corrected chi connectivity index (χ3v) is 4.79. The zero-order chi connectivity index (χ0) is 14.2. The molecule has 2 heteroatoms. The molecule has 0 amide bonds. The fourth-order valence-electron chi connectivity index (χ4n) is 4.02. The summed E-state index contributed by atoms with van der Waals surface area (Å²) < 4.78 is 6.42. The molecule has 1 saturated carbocycles. The average molecular weight is 273 g/mol. The van der Waals surface area contributed by atoms with Crippen LogP contribution < -0.4 is 10.1 Å². The molecule has 1 heterocycles. The van der Waals surface area contributed by atoms with Gasteiger partial charge in [-0.15, -0.1) is 0 Å². The van der Waals surface area contributed by atoms with E-state index < -0.39 is 0 Å². The second-order valence-electron chi connectivity index (χ2n) is 7.60. The highest BCUT2D eigenvalue weighted by atomic mass is 16.5. The van der Waals surface area contributed by atoms with Crippen molar-refractivity contribution in [3.63, 3.8) is 0 Å². The number of anilines is 1. The fraction of sp³-hybridized carbons (Fsp3) is 0.667. The van der Waals surface area contributed by atoms with Crippen molar-refractivity contribution in [2.24, 2.45) is 5.41 Å². The molecule has 2 aliphatic rings. The Kier molecular flexibility index (Phi) is 3.43. The minimum Gasteiger partial charge on any atom is -0.488 e. The predicted octanol–water partition coefficient (Wildman–Crippen LogP) is 4.78. The van der Waals surface area contributed by atoms with Crippen molar-refractivity contribution in [1.82, 2.24) is 0 Å². The lowest BCUT2D eigenvalue weighted by Gasteiger charge is -2.42. The van der Waals surface area contributed by atoms with E-state index >= 15 is 0 Å². The summed E-state index contributed by atoms with van der Waals surface area (Å²) >= 11 is 0. The maximum Gasteiger partial charge on any atom is 0.120 e. The van der Waals surface area contributed by atoms with Crippen molar-refractivity contribution in [3.8, 4) is 5.75 Å². The van der Waals surface area contributed by atoms with Crippen LogP contribution in [0.5, 0.6) is 5.75 Å². The highest BCUT2D eigenvalue weighted by Crippen LogP contribution is 2.43. The van der Waals surface area contributed by atoms with Gasteiger partial charge in [0, 0.05) is 12.2 Å². The van der Waals surface area contributed by atoms with Crippen LogP contribution in [0.1, 0.15) is 58.4 Å². The lowest BCUT2D eigenvalue weighted by molar-refractivity contribution is -0.00140. The summed E-state index contributed by atoms with van der Waals surface area (Å²) in [5, 5.41) is 3.46.